The minimum Gasteiger partial charge on any atom is -0.496 e. The van der Waals surface area contributed by atoms with Crippen LogP contribution in [0.25, 0.3) is 21.3 Å². The van der Waals surface area contributed by atoms with Crippen LogP contribution >= 0.6 is 11.3 Å². The van der Waals surface area contributed by atoms with Gasteiger partial charge in [-0.1, -0.05) is 30.3 Å². The van der Waals surface area contributed by atoms with Crippen LogP contribution < -0.4 is 10.5 Å². The van der Waals surface area contributed by atoms with Crippen LogP contribution in [0.3, 0.4) is 0 Å². The molecule has 3 rings (SSSR count). The van der Waals surface area contributed by atoms with Crippen LogP contribution in [0.2, 0.25) is 0 Å². The molecule has 0 radical (unpaired) electrons. The minimum atomic E-state index is -0.00257. The number of benzene rings is 2. The van der Waals surface area contributed by atoms with Crippen molar-refractivity contribution in [1.82, 2.24) is 4.98 Å². The summed E-state index contributed by atoms with van der Waals surface area (Å²) >= 11 is 1.65. The van der Waals surface area contributed by atoms with Crippen LogP contribution in [-0.4, -0.2) is 12.1 Å². The fraction of sp³-hybridized carbons (Fsp3) is 0.235. The van der Waals surface area contributed by atoms with Gasteiger partial charge >= 0.3 is 0 Å². The van der Waals surface area contributed by atoms with Crippen molar-refractivity contribution in [3.05, 3.63) is 47.0 Å². The molecule has 0 spiro atoms. The van der Waals surface area contributed by atoms with Crippen molar-refractivity contribution in [2.24, 2.45) is 5.73 Å². The normalized spacial score (nSPS) is 12.6. The Labute approximate surface area is 128 Å². The fourth-order valence-electron chi connectivity index (χ4n) is 2.58. The standard InChI is InChI=1S/C17H18N2OS/c1-10(18)16-11(2)19-17(21-16)15-13-7-5-4-6-12(13)8-9-14(15)20-3/h4-10H,18H2,1-3H3. The van der Waals surface area contributed by atoms with Crippen LogP contribution in [0.1, 0.15) is 23.5 Å². The number of hydrogen-bond donors (Lipinski definition) is 1. The van der Waals surface area contributed by atoms with E-state index in [1.165, 1.54) is 5.39 Å². The molecular formula is C17H18N2OS. The van der Waals surface area contributed by atoms with Crippen molar-refractivity contribution in [1.29, 1.82) is 0 Å². The Bertz CT molecular complexity index is 793. The van der Waals surface area contributed by atoms with Gasteiger partial charge < -0.3 is 10.5 Å². The van der Waals surface area contributed by atoms with E-state index in [4.69, 9.17) is 15.5 Å². The second-order valence-corrected chi connectivity index (χ2v) is 6.15. The number of aromatic nitrogens is 1. The Balaban J connectivity index is 2.30. The highest BCUT2D eigenvalue weighted by molar-refractivity contribution is 7.15. The van der Waals surface area contributed by atoms with Crippen LogP contribution in [0, 0.1) is 6.92 Å². The second-order valence-electron chi connectivity index (χ2n) is 5.12. The molecule has 0 aliphatic rings. The van der Waals surface area contributed by atoms with Gasteiger partial charge in [0.25, 0.3) is 0 Å². The first-order valence-electron chi connectivity index (χ1n) is 6.91. The molecule has 2 N–H and O–H groups in total. The van der Waals surface area contributed by atoms with Crippen molar-refractivity contribution < 1.29 is 4.74 Å². The van der Waals surface area contributed by atoms with Gasteiger partial charge in [0.1, 0.15) is 10.8 Å². The molecule has 2 aromatic carbocycles. The average molecular weight is 298 g/mol. The molecule has 0 saturated carbocycles. The second kappa shape index (κ2) is 5.47. The number of thiazole rings is 1. The van der Waals surface area contributed by atoms with E-state index >= 15 is 0 Å². The van der Waals surface area contributed by atoms with Gasteiger partial charge in [-0.05, 0) is 30.7 Å². The zero-order valence-corrected chi connectivity index (χ0v) is 13.2. The summed E-state index contributed by atoms with van der Waals surface area (Å²) in [5, 5.41) is 3.30. The number of ether oxygens (including phenoxy) is 1. The topological polar surface area (TPSA) is 48.1 Å². The number of rotatable bonds is 3. The summed E-state index contributed by atoms with van der Waals surface area (Å²) in [6.07, 6.45) is 0. The molecular weight excluding hydrogens is 280 g/mol. The molecule has 108 valence electrons. The third-order valence-electron chi connectivity index (χ3n) is 3.57. The largest absolute Gasteiger partial charge is 0.496 e. The maximum atomic E-state index is 6.03. The number of hydrogen-bond acceptors (Lipinski definition) is 4. The molecule has 1 atom stereocenters. The number of methoxy groups -OCH3 is 1. The summed E-state index contributed by atoms with van der Waals surface area (Å²) in [4.78, 5) is 5.84. The van der Waals surface area contributed by atoms with Crippen LogP contribution in [0.15, 0.2) is 36.4 Å². The third kappa shape index (κ3) is 2.41. The van der Waals surface area contributed by atoms with E-state index in [9.17, 15) is 0 Å². The van der Waals surface area contributed by atoms with E-state index in [0.29, 0.717) is 0 Å². The van der Waals surface area contributed by atoms with E-state index in [2.05, 4.69) is 18.2 Å². The van der Waals surface area contributed by atoms with E-state index in [0.717, 1.165) is 32.3 Å². The van der Waals surface area contributed by atoms with Crippen molar-refractivity contribution in [3.63, 3.8) is 0 Å². The highest BCUT2D eigenvalue weighted by Crippen LogP contribution is 2.40. The Hall–Kier alpha value is -1.91. The predicted molar refractivity (Wildman–Crippen MR) is 88.9 cm³/mol. The summed E-state index contributed by atoms with van der Waals surface area (Å²) in [5.74, 6) is 0.846. The maximum absolute atomic E-state index is 6.03. The van der Waals surface area contributed by atoms with Crippen molar-refractivity contribution in [2.75, 3.05) is 7.11 Å². The molecule has 4 heteroatoms. The first kappa shape index (κ1) is 14.0. The quantitative estimate of drug-likeness (QED) is 0.784. The monoisotopic (exact) mass is 298 g/mol. The van der Waals surface area contributed by atoms with E-state index in [1.54, 1.807) is 18.4 Å². The van der Waals surface area contributed by atoms with Crippen LogP contribution in [0.5, 0.6) is 5.75 Å². The van der Waals surface area contributed by atoms with Crippen LogP contribution in [-0.2, 0) is 0 Å². The lowest BCUT2D eigenvalue weighted by Crippen LogP contribution is -2.03. The molecule has 21 heavy (non-hydrogen) atoms. The molecule has 0 aliphatic carbocycles. The Morgan fingerprint density at radius 2 is 1.95 bits per heavy atom. The lowest BCUT2D eigenvalue weighted by molar-refractivity contribution is 0.417. The first-order valence-corrected chi connectivity index (χ1v) is 7.72. The highest BCUT2D eigenvalue weighted by Gasteiger charge is 2.17. The average Bonchev–Trinajstić information content (AvgIpc) is 2.87. The molecule has 0 aliphatic heterocycles. The van der Waals surface area contributed by atoms with Crippen LogP contribution in [0.4, 0.5) is 0 Å². The molecule has 0 amide bonds. The minimum absolute atomic E-state index is 0.00257. The van der Waals surface area contributed by atoms with Crippen molar-refractivity contribution in [2.45, 2.75) is 19.9 Å². The molecule has 0 saturated heterocycles. The lowest BCUT2D eigenvalue weighted by atomic mass is 10.0. The van der Waals surface area contributed by atoms with Gasteiger partial charge in [0.05, 0.1) is 18.4 Å². The Morgan fingerprint density at radius 1 is 1.19 bits per heavy atom. The van der Waals surface area contributed by atoms with Gasteiger partial charge in [0.2, 0.25) is 0 Å². The van der Waals surface area contributed by atoms with Crippen molar-refractivity contribution >= 4 is 22.1 Å². The third-order valence-corrected chi connectivity index (χ3v) is 4.95. The number of nitrogens with two attached hydrogens (primary N) is 1. The highest BCUT2D eigenvalue weighted by atomic mass is 32.1. The van der Waals surface area contributed by atoms with Gasteiger partial charge in [-0.25, -0.2) is 4.98 Å². The smallest absolute Gasteiger partial charge is 0.129 e. The molecule has 0 fully saturated rings. The summed E-state index contributed by atoms with van der Waals surface area (Å²) in [5.41, 5.74) is 8.08. The first-order chi connectivity index (χ1) is 10.1. The van der Waals surface area contributed by atoms with E-state index in [1.807, 2.05) is 32.0 Å². The molecule has 0 bridgehead atoms. The van der Waals surface area contributed by atoms with Gasteiger partial charge in [0.15, 0.2) is 0 Å². The SMILES string of the molecule is COc1ccc2ccccc2c1-c1nc(C)c(C(C)N)s1. The molecule has 3 nitrogen and oxygen atoms in total. The maximum Gasteiger partial charge on any atom is 0.129 e. The number of nitrogens with zero attached hydrogens (tertiary/aromatic N) is 1. The number of fused-ring (bicyclic) bond motifs is 1. The Morgan fingerprint density at radius 3 is 2.62 bits per heavy atom. The van der Waals surface area contributed by atoms with Gasteiger partial charge in [-0.2, -0.15) is 0 Å². The number of aryl methyl sites for hydroxylation is 1. The summed E-state index contributed by atoms with van der Waals surface area (Å²) in [6, 6.07) is 12.4. The van der Waals surface area contributed by atoms with Crippen molar-refractivity contribution in [3.8, 4) is 16.3 Å². The van der Waals surface area contributed by atoms with E-state index in [-0.39, 0.29) is 6.04 Å². The zero-order chi connectivity index (χ0) is 15.0. The molecule has 1 aromatic heterocycles. The van der Waals surface area contributed by atoms with Gasteiger partial charge in [-0.15, -0.1) is 11.3 Å². The van der Waals surface area contributed by atoms with Gasteiger partial charge in [-0.3, -0.25) is 0 Å². The summed E-state index contributed by atoms with van der Waals surface area (Å²) in [7, 11) is 1.69. The Kier molecular flexibility index (Phi) is 3.66. The predicted octanol–water partition coefficient (Wildman–Crippen LogP) is 4.30. The lowest BCUT2D eigenvalue weighted by Gasteiger charge is -2.09. The van der Waals surface area contributed by atoms with Gasteiger partial charge in [0, 0.05) is 10.9 Å². The molecule has 1 unspecified atom stereocenters. The fourth-order valence-corrected chi connectivity index (χ4v) is 3.66. The van der Waals surface area contributed by atoms with E-state index < -0.39 is 0 Å². The molecule has 3 aromatic rings. The summed E-state index contributed by atoms with van der Waals surface area (Å²) < 4.78 is 5.55. The zero-order valence-electron chi connectivity index (χ0n) is 12.4. The molecule has 1 heterocycles. The summed E-state index contributed by atoms with van der Waals surface area (Å²) in [6.45, 7) is 4.00.